The molecule has 7 heteroatoms. The topological polar surface area (TPSA) is 98.0 Å². The van der Waals surface area contributed by atoms with Crippen molar-refractivity contribution in [3.63, 3.8) is 0 Å². The molecule has 0 aromatic heterocycles. The van der Waals surface area contributed by atoms with Crippen LogP contribution in [-0.4, -0.2) is 61.6 Å². The Bertz CT molecular complexity index is 37.9. The summed E-state index contributed by atoms with van der Waals surface area (Å²) >= 11 is -2.61. The molecule has 0 aliphatic rings. The maximum Gasteiger partial charge on any atom is 2.00 e. The van der Waals surface area contributed by atoms with Crippen LogP contribution in [0.15, 0.2) is 0 Å². The quantitative estimate of drug-likeness (QED) is 0.165. The van der Waals surface area contributed by atoms with Gasteiger partial charge < -0.3 is 2.85 Å². The molecular formula is H6CaO5S. The molecule has 0 unspecified atom stereocenters. The third-order valence-electron chi connectivity index (χ3n) is 0. The van der Waals surface area contributed by atoms with E-state index in [1.807, 2.05) is 0 Å². The van der Waals surface area contributed by atoms with E-state index in [9.17, 15) is 0 Å². The Hall–Kier alpha value is 1.25. The molecule has 0 spiro atoms. The fourth-order valence-electron chi connectivity index (χ4n) is 0. The van der Waals surface area contributed by atoms with Crippen LogP contribution in [0.4, 0.5) is 0 Å². The number of hydrogen-bond donors (Lipinski definition) is 4. The maximum absolute atomic E-state index is 8.67. The molecule has 4 N–H and O–H groups in total. The monoisotopic (exact) mass is 158 g/mol. The van der Waals surface area contributed by atoms with E-state index >= 15 is 0 Å². The van der Waals surface area contributed by atoms with Crippen LogP contribution in [0, 0.1) is 0 Å². The summed E-state index contributed by atoms with van der Waals surface area (Å²) in [6, 6.07) is 0. The van der Waals surface area contributed by atoms with E-state index in [1.54, 1.807) is 0 Å². The van der Waals surface area contributed by atoms with Crippen LogP contribution in [0.25, 0.3) is 0 Å². The molecule has 0 atom stereocenters. The van der Waals surface area contributed by atoms with Crippen LogP contribution in [0.5, 0.6) is 0 Å². The van der Waals surface area contributed by atoms with Crippen molar-refractivity contribution in [2.24, 2.45) is 0 Å². The van der Waals surface area contributed by atoms with Gasteiger partial charge in [-0.1, -0.05) is 0 Å². The summed E-state index contributed by atoms with van der Waals surface area (Å²) in [6.45, 7) is 0. The van der Waals surface area contributed by atoms with Crippen molar-refractivity contribution < 1.29 is 26.7 Å². The zero-order valence-electron chi connectivity index (χ0n) is 5.31. The largest absolute Gasteiger partial charge is 2.00 e. The predicted molar refractivity (Wildman–Crippen MR) is 26.6 cm³/mol. The smallest absolute Gasteiger partial charge is 1.00 e. The maximum atomic E-state index is 8.67. The summed E-state index contributed by atoms with van der Waals surface area (Å²) in [6.07, 6.45) is 0. The van der Waals surface area contributed by atoms with Gasteiger partial charge in [-0.25, -0.2) is 0 Å². The van der Waals surface area contributed by atoms with Crippen LogP contribution in [0.1, 0.15) is 2.85 Å². The molecule has 0 bridgehead atoms. The molecule has 0 aromatic carbocycles. The Morgan fingerprint density at radius 3 is 1.29 bits per heavy atom. The molecule has 44 valence electrons. The minimum absolute atomic E-state index is 0. The summed E-state index contributed by atoms with van der Waals surface area (Å²) < 4.78 is 22.8. The first kappa shape index (κ1) is 15.7. The summed E-state index contributed by atoms with van der Waals surface area (Å²) in [5.74, 6) is 0. The summed E-state index contributed by atoms with van der Waals surface area (Å²) in [4.78, 5) is 0. The third-order valence-corrected chi connectivity index (χ3v) is 0. The van der Waals surface area contributed by atoms with Gasteiger partial charge >= 0.3 is 37.7 Å². The fraction of sp³-hybridized carbons (Fsp3) is 0. The van der Waals surface area contributed by atoms with Gasteiger partial charge in [0.2, 0.25) is 0 Å². The van der Waals surface area contributed by atoms with Crippen molar-refractivity contribution in [2.75, 3.05) is 0 Å². The van der Waals surface area contributed by atoms with Gasteiger partial charge in [-0.3, -0.25) is 19.6 Å². The standard InChI is InChI=1S/Ca.H2O3S.H2O2.2H/c;1-4(2)3;1-2;;/h;(H2,1,2,3);1-2H;;/q+2;;;2*-1. The average molecular weight is 158 g/mol. The van der Waals surface area contributed by atoms with Crippen molar-refractivity contribution in [1.82, 2.24) is 0 Å². The first-order valence-electron chi connectivity index (χ1n) is 0.732. The van der Waals surface area contributed by atoms with Gasteiger partial charge in [0.05, 0.1) is 0 Å². The van der Waals surface area contributed by atoms with Crippen molar-refractivity contribution in [3.8, 4) is 0 Å². The molecule has 0 aliphatic carbocycles. The number of rotatable bonds is 0. The molecule has 0 aliphatic heterocycles. The first-order chi connectivity index (χ1) is 2.73. The van der Waals surface area contributed by atoms with Crippen LogP contribution in [0.2, 0.25) is 0 Å². The van der Waals surface area contributed by atoms with Gasteiger partial charge in [-0.15, -0.1) is 0 Å². The van der Waals surface area contributed by atoms with Crippen LogP contribution >= 0.6 is 0 Å². The van der Waals surface area contributed by atoms with Gasteiger partial charge in [0.15, 0.2) is 0 Å². The minimum Gasteiger partial charge on any atom is -1.00 e. The Morgan fingerprint density at radius 1 is 1.29 bits per heavy atom. The summed E-state index contributed by atoms with van der Waals surface area (Å²) in [5, 5.41) is 12.0. The van der Waals surface area contributed by atoms with Gasteiger partial charge in [-0.05, 0) is 0 Å². The average Bonchev–Trinajstić information content (AvgIpc) is 1.41. The van der Waals surface area contributed by atoms with E-state index in [0.717, 1.165) is 0 Å². The van der Waals surface area contributed by atoms with E-state index in [0.29, 0.717) is 0 Å². The Balaban J connectivity index is -0.00000000990. The van der Waals surface area contributed by atoms with Crippen LogP contribution < -0.4 is 0 Å². The van der Waals surface area contributed by atoms with Crippen molar-refractivity contribution >= 4 is 49.1 Å². The molecule has 5 nitrogen and oxygen atoms in total. The normalized spacial score (nSPS) is 5.86. The van der Waals surface area contributed by atoms with E-state index in [1.165, 1.54) is 0 Å². The molecule has 0 amide bonds. The molecule has 0 saturated carbocycles. The second kappa shape index (κ2) is 15.7. The molecule has 0 aromatic rings. The van der Waals surface area contributed by atoms with Crippen LogP contribution in [0.3, 0.4) is 0 Å². The Kier molecular flexibility index (Phi) is 35.2. The third kappa shape index (κ3) is 128. The molecule has 0 heterocycles. The molecular weight excluding hydrogens is 152 g/mol. The fourth-order valence-corrected chi connectivity index (χ4v) is 0. The zero-order chi connectivity index (χ0) is 5.58. The molecule has 0 saturated heterocycles. The van der Waals surface area contributed by atoms with E-state index < -0.39 is 11.4 Å². The number of hydrogen-bond acceptors (Lipinski definition) is 3. The molecule has 7 heavy (non-hydrogen) atoms. The second-order valence-electron chi connectivity index (χ2n) is 0.231. The second-order valence-corrected chi connectivity index (χ2v) is 0.692. The van der Waals surface area contributed by atoms with Gasteiger partial charge in [0.25, 0.3) is 11.4 Å². The first-order valence-corrected chi connectivity index (χ1v) is 1.80. The van der Waals surface area contributed by atoms with Crippen molar-refractivity contribution in [1.29, 1.82) is 0 Å². The van der Waals surface area contributed by atoms with Gasteiger partial charge in [-0.2, -0.15) is 4.21 Å². The Labute approximate surface area is 75.4 Å². The van der Waals surface area contributed by atoms with Crippen molar-refractivity contribution in [2.45, 2.75) is 0 Å². The minimum atomic E-state index is -2.61. The molecule has 0 fully saturated rings. The SMILES string of the molecule is O=S(O)O.OO.[Ca+2].[H-].[H-]. The van der Waals surface area contributed by atoms with E-state index in [4.69, 9.17) is 23.8 Å². The van der Waals surface area contributed by atoms with Crippen LogP contribution in [-0.2, 0) is 11.4 Å². The zero-order valence-corrected chi connectivity index (χ0v) is 6.34. The van der Waals surface area contributed by atoms with E-state index in [2.05, 4.69) is 0 Å². The predicted octanol–water partition coefficient (Wildman–Crippen LogP) is -0.457. The summed E-state index contributed by atoms with van der Waals surface area (Å²) in [7, 11) is 0. The van der Waals surface area contributed by atoms with Crippen molar-refractivity contribution in [3.05, 3.63) is 0 Å². The van der Waals surface area contributed by atoms with Gasteiger partial charge in [0.1, 0.15) is 0 Å². The molecule has 0 rings (SSSR count). The van der Waals surface area contributed by atoms with Gasteiger partial charge in [0, 0.05) is 0 Å². The molecule has 0 radical (unpaired) electrons. The summed E-state index contributed by atoms with van der Waals surface area (Å²) in [5.41, 5.74) is 0. The Morgan fingerprint density at radius 2 is 1.29 bits per heavy atom. The van der Waals surface area contributed by atoms with E-state index in [-0.39, 0.29) is 40.6 Å².